The van der Waals surface area contributed by atoms with E-state index in [-0.39, 0.29) is 0 Å². The fraction of sp³-hybridized carbons (Fsp3) is 0.417. The molecule has 0 aliphatic carbocycles. The zero-order valence-electron chi connectivity index (χ0n) is 9.66. The zero-order chi connectivity index (χ0) is 11.8. The Balaban J connectivity index is 2.06. The van der Waals surface area contributed by atoms with Crippen LogP contribution in [-0.4, -0.2) is 31.2 Å². The molecule has 1 aromatic carbocycles. The molecule has 1 aliphatic rings. The molecule has 0 saturated carbocycles. The highest BCUT2D eigenvalue weighted by Crippen LogP contribution is 2.30. The van der Waals surface area contributed by atoms with Crippen LogP contribution in [0.3, 0.4) is 0 Å². The van der Waals surface area contributed by atoms with Crippen LogP contribution in [0, 0.1) is 6.92 Å². The summed E-state index contributed by atoms with van der Waals surface area (Å²) in [5, 5.41) is 3.93. The van der Waals surface area contributed by atoms with Crippen molar-refractivity contribution in [3.8, 4) is 0 Å². The summed E-state index contributed by atoms with van der Waals surface area (Å²) in [6, 6.07) is 4.50. The van der Waals surface area contributed by atoms with Crippen LogP contribution in [0.15, 0.2) is 16.5 Å². The van der Waals surface area contributed by atoms with Crippen molar-refractivity contribution in [1.82, 2.24) is 10.3 Å². The molecule has 0 atom stereocenters. The lowest BCUT2D eigenvalue weighted by Gasteiger charge is -2.25. The van der Waals surface area contributed by atoms with Gasteiger partial charge in [-0.05, 0) is 18.6 Å². The largest absolute Gasteiger partial charge is 0.422 e. The lowest BCUT2D eigenvalue weighted by Crippen LogP contribution is -2.43. The number of nitrogens with zero attached hydrogens (tertiary/aromatic N) is 2. The SMILES string of the molecule is Cc1ccc(Cl)c2oc(N3CCNCC3)nc12. The number of halogens is 1. The first kappa shape index (κ1) is 10.9. The third-order valence-electron chi connectivity index (χ3n) is 3.07. The van der Waals surface area contributed by atoms with E-state index in [2.05, 4.69) is 15.2 Å². The Kier molecular flexibility index (Phi) is 2.68. The number of anilines is 1. The molecule has 1 N–H and O–H groups in total. The van der Waals surface area contributed by atoms with Gasteiger partial charge in [-0.2, -0.15) is 4.98 Å². The predicted molar refractivity (Wildman–Crippen MR) is 68.8 cm³/mol. The minimum Gasteiger partial charge on any atom is -0.422 e. The molecule has 2 aromatic rings. The highest BCUT2D eigenvalue weighted by Gasteiger charge is 2.18. The van der Waals surface area contributed by atoms with Crippen molar-refractivity contribution in [2.45, 2.75) is 6.92 Å². The highest BCUT2D eigenvalue weighted by molar-refractivity contribution is 6.34. The summed E-state index contributed by atoms with van der Waals surface area (Å²) >= 11 is 6.12. The summed E-state index contributed by atoms with van der Waals surface area (Å²) in [6.45, 7) is 5.78. The van der Waals surface area contributed by atoms with Crippen molar-refractivity contribution >= 4 is 28.7 Å². The summed E-state index contributed by atoms with van der Waals surface area (Å²) in [6.07, 6.45) is 0. The number of aromatic nitrogens is 1. The molecule has 1 aromatic heterocycles. The van der Waals surface area contributed by atoms with Gasteiger partial charge in [0.05, 0.1) is 5.02 Å². The van der Waals surface area contributed by atoms with E-state index < -0.39 is 0 Å². The number of benzene rings is 1. The maximum Gasteiger partial charge on any atom is 0.298 e. The van der Waals surface area contributed by atoms with Crippen LogP contribution >= 0.6 is 11.6 Å². The number of oxazole rings is 1. The van der Waals surface area contributed by atoms with Crippen molar-refractivity contribution in [1.29, 1.82) is 0 Å². The molecule has 90 valence electrons. The van der Waals surface area contributed by atoms with Crippen LogP contribution in [0.5, 0.6) is 0 Å². The van der Waals surface area contributed by atoms with E-state index in [1.165, 1.54) is 0 Å². The second kappa shape index (κ2) is 4.20. The molecule has 0 bridgehead atoms. The molecule has 17 heavy (non-hydrogen) atoms. The Labute approximate surface area is 105 Å². The first-order chi connectivity index (χ1) is 8.25. The van der Waals surface area contributed by atoms with Gasteiger partial charge in [0.25, 0.3) is 6.01 Å². The van der Waals surface area contributed by atoms with Crippen molar-refractivity contribution in [3.63, 3.8) is 0 Å². The molecule has 0 spiro atoms. The van der Waals surface area contributed by atoms with E-state index in [4.69, 9.17) is 16.0 Å². The number of fused-ring (bicyclic) bond motifs is 1. The zero-order valence-corrected chi connectivity index (χ0v) is 10.4. The number of nitrogens with one attached hydrogen (secondary N) is 1. The first-order valence-corrected chi connectivity index (χ1v) is 6.15. The van der Waals surface area contributed by atoms with E-state index in [1.807, 2.05) is 19.1 Å². The van der Waals surface area contributed by atoms with Gasteiger partial charge in [-0.3, -0.25) is 0 Å². The van der Waals surface area contributed by atoms with Gasteiger partial charge in [0, 0.05) is 26.2 Å². The van der Waals surface area contributed by atoms with Crippen LogP contribution in [0.25, 0.3) is 11.1 Å². The number of hydrogen-bond donors (Lipinski definition) is 1. The first-order valence-electron chi connectivity index (χ1n) is 5.77. The molecule has 4 nitrogen and oxygen atoms in total. The average molecular weight is 252 g/mol. The fourth-order valence-electron chi connectivity index (χ4n) is 2.08. The Hall–Kier alpha value is -1.26. The summed E-state index contributed by atoms with van der Waals surface area (Å²) in [7, 11) is 0. The van der Waals surface area contributed by atoms with Crippen molar-refractivity contribution in [2.24, 2.45) is 0 Å². The smallest absolute Gasteiger partial charge is 0.298 e. The Morgan fingerprint density at radius 3 is 2.82 bits per heavy atom. The maximum absolute atomic E-state index is 6.12. The lowest BCUT2D eigenvalue weighted by molar-refractivity contribution is 0.517. The highest BCUT2D eigenvalue weighted by atomic mass is 35.5. The minimum atomic E-state index is 0.625. The maximum atomic E-state index is 6.12. The van der Waals surface area contributed by atoms with E-state index in [0.717, 1.165) is 37.3 Å². The number of piperazine rings is 1. The van der Waals surface area contributed by atoms with E-state index >= 15 is 0 Å². The topological polar surface area (TPSA) is 41.3 Å². The van der Waals surface area contributed by atoms with Gasteiger partial charge < -0.3 is 14.6 Å². The summed E-state index contributed by atoms with van der Waals surface area (Å²) in [5.41, 5.74) is 2.65. The summed E-state index contributed by atoms with van der Waals surface area (Å²) < 4.78 is 5.77. The van der Waals surface area contributed by atoms with Crippen molar-refractivity contribution in [3.05, 3.63) is 22.7 Å². The predicted octanol–water partition coefficient (Wildman–Crippen LogP) is 2.20. The summed E-state index contributed by atoms with van der Waals surface area (Å²) in [5.74, 6) is 0. The van der Waals surface area contributed by atoms with Crippen LogP contribution < -0.4 is 10.2 Å². The summed E-state index contributed by atoms with van der Waals surface area (Å²) in [4.78, 5) is 6.69. The normalized spacial score (nSPS) is 16.7. The molecule has 1 aliphatic heterocycles. The Bertz CT molecular complexity index is 507. The minimum absolute atomic E-state index is 0.625. The second-order valence-corrected chi connectivity index (χ2v) is 4.68. The van der Waals surface area contributed by atoms with Gasteiger partial charge in [0.15, 0.2) is 5.58 Å². The molecule has 0 amide bonds. The van der Waals surface area contributed by atoms with Gasteiger partial charge in [0.1, 0.15) is 5.52 Å². The fourth-order valence-corrected chi connectivity index (χ4v) is 2.27. The third-order valence-corrected chi connectivity index (χ3v) is 3.37. The second-order valence-electron chi connectivity index (χ2n) is 4.28. The molecular weight excluding hydrogens is 238 g/mol. The molecule has 0 unspecified atom stereocenters. The van der Waals surface area contributed by atoms with Crippen LogP contribution in [0.1, 0.15) is 5.56 Å². The van der Waals surface area contributed by atoms with Crippen molar-refractivity contribution in [2.75, 3.05) is 31.1 Å². The van der Waals surface area contributed by atoms with E-state index in [0.29, 0.717) is 16.6 Å². The average Bonchev–Trinajstić information content (AvgIpc) is 2.81. The van der Waals surface area contributed by atoms with Crippen molar-refractivity contribution < 1.29 is 4.42 Å². The number of rotatable bonds is 1. The van der Waals surface area contributed by atoms with Gasteiger partial charge in [0.2, 0.25) is 0 Å². The lowest BCUT2D eigenvalue weighted by atomic mass is 10.2. The Morgan fingerprint density at radius 2 is 2.12 bits per heavy atom. The third kappa shape index (κ3) is 1.87. The van der Waals surface area contributed by atoms with Crippen LogP contribution in [-0.2, 0) is 0 Å². The van der Waals surface area contributed by atoms with Crippen LogP contribution in [0.4, 0.5) is 6.01 Å². The van der Waals surface area contributed by atoms with Gasteiger partial charge in [-0.25, -0.2) is 0 Å². The molecule has 2 heterocycles. The monoisotopic (exact) mass is 251 g/mol. The molecule has 1 saturated heterocycles. The Morgan fingerprint density at radius 1 is 1.35 bits per heavy atom. The standard InChI is InChI=1S/C12H14ClN3O/c1-8-2-3-9(13)11-10(8)15-12(17-11)16-6-4-14-5-7-16/h2-3,14H,4-7H2,1H3. The molecule has 3 rings (SSSR count). The van der Waals surface area contributed by atoms with E-state index in [9.17, 15) is 0 Å². The van der Waals surface area contributed by atoms with Crippen LogP contribution in [0.2, 0.25) is 5.02 Å². The number of aryl methyl sites for hydroxylation is 1. The van der Waals surface area contributed by atoms with Gasteiger partial charge in [-0.15, -0.1) is 0 Å². The number of hydrogen-bond acceptors (Lipinski definition) is 4. The quantitative estimate of drug-likeness (QED) is 0.844. The van der Waals surface area contributed by atoms with Gasteiger partial charge >= 0.3 is 0 Å². The molecular formula is C12H14ClN3O. The van der Waals surface area contributed by atoms with Gasteiger partial charge in [-0.1, -0.05) is 17.7 Å². The molecule has 5 heteroatoms. The van der Waals surface area contributed by atoms with E-state index in [1.54, 1.807) is 0 Å². The molecule has 0 radical (unpaired) electrons. The molecule has 1 fully saturated rings.